The number of rotatable bonds is 7. The maximum atomic E-state index is 13.2. The first-order chi connectivity index (χ1) is 15.8. The minimum Gasteiger partial charge on any atom is -0.393 e. The number of carbonyl (C=O) groups excluding carboxylic acids is 1. The molecule has 0 saturated heterocycles. The zero-order valence-electron chi connectivity index (χ0n) is 22.9. The maximum absolute atomic E-state index is 13.2. The fourth-order valence-electron chi connectivity index (χ4n) is 10.3. The summed E-state index contributed by atoms with van der Waals surface area (Å²) in [5, 5.41) is 34.0. The van der Waals surface area contributed by atoms with Gasteiger partial charge in [-0.2, -0.15) is 0 Å². The molecule has 0 aromatic rings. The molecule has 12 atom stereocenters. The second-order valence-corrected chi connectivity index (χ2v) is 13.9. The number of aliphatic hydroxyl groups excluding tert-OH is 2. The van der Waals surface area contributed by atoms with Crippen molar-refractivity contribution >= 4 is 5.78 Å². The Morgan fingerprint density at radius 3 is 2.29 bits per heavy atom. The summed E-state index contributed by atoms with van der Waals surface area (Å²) in [7, 11) is 0. The number of fused-ring (bicyclic) bond motifs is 5. The molecule has 4 aliphatic carbocycles. The SMILES string of the molecule is CCC(CC(O)C(C)C1CCC2C3C(CCC12C)C1(C)CCC(O)CC1(O)C3C(C)=O)C(C)C. The summed E-state index contributed by atoms with van der Waals surface area (Å²) in [6, 6.07) is 0. The van der Waals surface area contributed by atoms with Crippen LogP contribution in [0.5, 0.6) is 0 Å². The average Bonchev–Trinajstić information content (AvgIpc) is 3.20. The van der Waals surface area contributed by atoms with Gasteiger partial charge in [0.2, 0.25) is 0 Å². The van der Waals surface area contributed by atoms with E-state index in [4.69, 9.17) is 0 Å². The second kappa shape index (κ2) is 9.14. The van der Waals surface area contributed by atoms with Gasteiger partial charge in [-0.3, -0.25) is 4.79 Å². The lowest BCUT2D eigenvalue weighted by Gasteiger charge is -2.52. The minimum atomic E-state index is -1.09. The molecule has 0 amide bonds. The Morgan fingerprint density at radius 2 is 1.71 bits per heavy atom. The summed E-state index contributed by atoms with van der Waals surface area (Å²) in [6.07, 6.45) is 7.48. The number of ketones is 1. The molecule has 0 radical (unpaired) electrons. The van der Waals surface area contributed by atoms with Crippen molar-refractivity contribution in [1.82, 2.24) is 0 Å². The van der Waals surface area contributed by atoms with E-state index in [1.54, 1.807) is 6.92 Å². The van der Waals surface area contributed by atoms with Gasteiger partial charge in [-0.1, -0.05) is 48.0 Å². The lowest BCUT2D eigenvalue weighted by molar-refractivity contribution is -0.161. The summed E-state index contributed by atoms with van der Waals surface area (Å²) in [4.78, 5) is 13.2. The Kier molecular flexibility index (Phi) is 7.15. The standard InChI is InChI=1S/C30H52O4/c1-8-20(17(2)3)15-25(33)18(4)22-9-10-23-26-24(12-13-28(22,23)6)29(7)14-11-21(32)16-30(29,34)27(26)19(5)31/h17-18,20-27,32-34H,8-16H2,1-7H3. The van der Waals surface area contributed by atoms with Gasteiger partial charge in [0.05, 0.1) is 23.7 Å². The molecule has 0 aromatic heterocycles. The van der Waals surface area contributed by atoms with Crippen LogP contribution in [0.3, 0.4) is 0 Å². The molecule has 4 saturated carbocycles. The van der Waals surface area contributed by atoms with Gasteiger partial charge >= 0.3 is 0 Å². The lowest BCUT2D eigenvalue weighted by Crippen LogP contribution is -2.55. The molecule has 0 bridgehead atoms. The van der Waals surface area contributed by atoms with Crippen LogP contribution >= 0.6 is 0 Å². The summed E-state index contributed by atoms with van der Waals surface area (Å²) >= 11 is 0. The van der Waals surface area contributed by atoms with E-state index in [0.29, 0.717) is 36.0 Å². The van der Waals surface area contributed by atoms with E-state index in [9.17, 15) is 20.1 Å². The Labute approximate surface area is 208 Å². The van der Waals surface area contributed by atoms with Gasteiger partial charge in [0.1, 0.15) is 5.78 Å². The first kappa shape index (κ1) is 26.6. The van der Waals surface area contributed by atoms with E-state index < -0.39 is 11.7 Å². The van der Waals surface area contributed by atoms with Crippen molar-refractivity contribution in [2.24, 2.45) is 58.2 Å². The average molecular weight is 477 g/mol. The van der Waals surface area contributed by atoms with Crippen molar-refractivity contribution in [3.8, 4) is 0 Å². The lowest BCUT2D eigenvalue weighted by atomic mass is 9.53. The van der Waals surface area contributed by atoms with Crippen molar-refractivity contribution in [3.05, 3.63) is 0 Å². The predicted octanol–water partition coefficient (Wildman–Crippen LogP) is 5.62. The zero-order valence-corrected chi connectivity index (χ0v) is 22.9. The second-order valence-electron chi connectivity index (χ2n) is 13.9. The maximum Gasteiger partial charge on any atom is 0.136 e. The number of Topliss-reactive ketones (excluding diaryl/α,β-unsaturated/α-hetero) is 1. The topological polar surface area (TPSA) is 77.8 Å². The monoisotopic (exact) mass is 476 g/mol. The van der Waals surface area contributed by atoms with Crippen LogP contribution in [0.2, 0.25) is 0 Å². The Bertz CT molecular complexity index is 765. The normalized spacial score (nSPS) is 48.7. The molecular formula is C30H52O4. The highest BCUT2D eigenvalue weighted by Crippen LogP contribution is 2.73. The number of carbonyl (C=O) groups is 1. The predicted molar refractivity (Wildman–Crippen MR) is 136 cm³/mol. The van der Waals surface area contributed by atoms with Gasteiger partial charge in [-0.15, -0.1) is 0 Å². The number of aliphatic hydroxyl groups is 3. The third-order valence-corrected chi connectivity index (χ3v) is 12.3. The van der Waals surface area contributed by atoms with Crippen molar-refractivity contribution in [2.75, 3.05) is 0 Å². The van der Waals surface area contributed by atoms with Crippen LogP contribution in [0.1, 0.15) is 106 Å². The van der Waals surface area contributed by atoms with E-state index >= 15 is 0 Å². The van der Waals surface area contributed by atoms with E-state index in [1.165, 1.54) is 0 Å². The van der Waals surface area contributed by atoms with Crippen LogP contribution in [0.4, 0.5) is 0 Å². The van der Waals surface area contributed by atoms with E-state index in [1.807, 2.05) is 0 Å². The Hall–Kier alpha value is -0.450. The highest BCUT2D eigenvalue weighted by Gasteiger charge is 2.73. The Balaban J connectivity index is 1.62. The fourth-order valence-corrected chi connectivity index (χ4v) is 10.3. The summed E-state index contributed by atoms with van der Waals surface area (Å²) in [5.41, 5.74) is -1.27. The molecule has 4 rings (SSSR count). The molecule has 0 aliphatic heterocycles. The summed E-state index contributed by atoms with van der Waals surface area (Å²) in [6.45, 7) is 15.4. The highest BCUT2D eigenvalue weighted by molar-refractivity contribution is 5.81. The van der Waals surface area contributed by atoms with E-state index in [-0.39, 0.29) is 40.5 Å². The van der Waals surface area contributed by atoms with Crippen LogP contribution in [-0.2, 0) is 4.79 Å². The van der Waals surface area contributed by atoms with E-state index in [2.05, 4.69) is 41.5 Å². The third-order valence-electron chi connectivity index (χ3n) is 12.3. The molecule has 0 spiro atoms. The summed E-state index contributed by atoms with van der Waals surface area (Å²) in [5.74, 6) is 2.55. The quantitative estimate of drug-likeness (QED) is 0.446. The smallest absolute Gasteiger partial charge is 0.136 e. The van der Waals surface area contributed by atoms with Gasteiger partial charge in [-0.05, 0) is 98.7 Å². The molecule has 34 heavy (non-hydrogen) atoms. The van der Waals surface area contributed by atoms with Crippen molar-refractivity contribution < 1.29 is 20.1 Å². The summed E-state index contributed by atoms with van der Waals surface area (Å²) < 4.78 is 0. The van der Waals surface area contributed by atoms with Crippen LogP contribution in [0.25, 0.3) is 0 Å². The first-order valence-electron chi connectivity index (χ1n) is 14.4. The van der Waals surface area contributed by atoms with Crippen LogP contribution in [0, 0.1) is 58.2 Å². The Morgan fingerprint density at radius 1 is 1.03 bits per heavy atom. The minimum absolute atomic E-state index is 0.105. The molecule has 4 heteroatoms. The highest BCUT2D eigenvalue weighted by atomic mass is 16.3. The third kappa shape index (κ3) is 3.76. The van der Waals surface area contributed by atoms with Crippen molar-refractivity contribution in [1.29, 1.82) is 0 Å². The van der Waals surface area contributed by atoms with Gasteiger partial charge in [0.25, 0.3) is 0 Å². The molecule has 3 N–H and O–H groups in total. The molecule has 4 nitrogen and oxygen atoms in total. The number of hydrogen-bond acceptors (Lipinski definition) is 4. The van der Waals surface area contributed by atoms with Gasteiger partial charge in [0, 0.05) is 11.8 Å². The molecule has 0 heterocycles. The largest absolute Gasteiger partial charge is 0.393 e. The molecule has 0 aromatic carbocycles. The first-order valence-corrected chi connectivity index (χ1v) is 14.4. The molecule has 4 aliphatic rings. The van der Waals surface area contributed by atoms with E-state index in [0.717, 1.165) is 51.4 Å². The van der Waals surface area contributed by atoms with Crippen LogP contribution in [0.15, 0.2) is 0 Å². The molecular weight excluding hydrogens is 424 g/mol. The molecule has 4 fully saturated rings. The molecule has 196 valence electrons. The van der Waals surface area contributed by atoms with Gasteiger partial charge < -0.3 is 15.3 Å². The van der Waals surface area contributed by atoms with Gasteiger partial charge in [0.15, 0.2) is 0 Å². The van der Waals surface area contributed by atoms with Gasteiger partial charge in [-0.25, -0.2) is 0 Å². The number of hydrogen-bond donors (Lipinski definition) is 3. The zero-order chi connectivity index (χ0) is 25.2. The fraction of sp³-hybridized carbons (Fsp3) is 0.967. The van der Waals surface area contributed by atoms with Crippen LogP contribution in [-0.4, -0.2) is 38.9 Å². The molecule has 12 unspecified atom stereocenters. The van der Waals surface area contributed by atoms with Crippen molar-refractivity contribution in [3.63, 3.8) is 0 Å². The van der Waals surface area contributed by atoms with Crippen molar-refractivity contribution in [2.45, 2.75) is 124 Å². The van der Waals surface area contributed by atoms with Crippen LogP contribution < -0.4 is 0 Å².